The Bertz CT molecular complexity index is 559. The van der Waals surface area contributed by atoms with Crippen LogP contribution >= 0.6 is 11.6 Å². The van der Waals surface area contributed by atoms with Gasteiger partial charge in [0.05, 0.1) is 28.3 Å². The zero-order valence-corrected chi connectivity index (χ0v) is 13.2. The van der Waals surface area contributed by atoms with Crippen LogP contribution in [0.5, 0.6) is 5.75 Å². The molecule has 0 aliphatic heterocycles. The van der Waals surface area contributed by atoms with Crippen LogP contribution in [-0.4, -0.2) is 23.5 Å². The van der Waals surface area contributed by atoms with E-state index < -0.39 is 11.4 Å². The van der Waals surface area contributed by atoms with Crippen molar-refractivity contribution in [1.82, 2.24) is 0 Å². The van der Waals surface area contributed by atoms with E-state index in [1.54, 1.807) is 20.8 Å². The van der Waals surface area contributed by atoms with E-state index in [2.05, 4.69) is 0 Å². The second-order valence-corrected chi connectivity index (χ2v) is 5.53. The van der Waals surface area contributed by atoms with Crippen LogP contribution in [0.2, 0.25) is 5.02 Å². The van der Waals surface area contributed by atoms with E-state index in [0.717, 1.165) is 0 Å². The predicted octanol–water partition coefficient (Wildman–Crippen LogP) is 3.39. The normalized spacial score (nSPS) is 13.5. The summed E-state index contributed by atoms with van der Waals surface area (Å²) < 4.78 is 5.40. The Balaban J connectivity index is 3.17. The number of ketones is 1. The summed E-state index contributed by atoms with van der Waals surface area (Å²) in [6, 6.07) is 2.92. The molecule has 1 rings (SSSR count). The smallest absolute Gasteiger partial charge is 0.309 e. The molecule has 116 valence electrons. The molecule has 6 heteroatoms. The molecule has 3 N–H and O–H groups in total. The van der Waals surface area contributed by atoms with Crippen LogP contribution in [0.15, 0.2) is 12.1 Å². The summed E-state index contributed by atoms with van der Waals surface area (Å²) in [5, 5.41) is 9.52. The van der Waals surface area contributed by atoms with Gasteiger partial charge in [0.15, 0.2) is 5.78 Å². The predicted molar refractivity (Wildman–Crippen MR) is 82.0 cm³/mol. The number of benzene rings is 1. The summed E-state index contributed by atoms with van der Waals surface area (Å²) in [6.07, 6.45) is 0.222. The number of carboxylic acids is 1. The molecule has 21 heavy (non-hydrogen) atoms. The number of aliphatic carboxylic acids is 1. The van der Waals surface area contributed by atoms with Gasteiger partial charge in [-0.25, -0.2) is 0 Å². The Morgan fingerprint density at radius 1 is 1.38 bits per heavy atom. The highest BCUT2D eigenvalue weighted by Crippen LogP contribution is 2.34. The third-order valence-corrected chi connectivity index (χ3v) is 3.87. The zero-order valence-electron chi connectivity index (χ0n) is 12.4. The quantitative estimate of drug-likeness (QED) is 0.595. The summed E-state index contributed by atoms with van der Waals surface area (Å²) in [7, 11) is 0. The highest BCUT2D eigenvalue weighted by Gasteiger charge is 2.34. The van der Waals surface area contributed by atoms with Gasteiger partial charge >= 0.3 is 5.97 Å². The topological polar surface area (TPSA) is 89.6 Å². The van der Waals surface area contributed by atoms with Gasteiger partial charge < -0.3 is 15.6 Å². The van der Waals surface area contributed by atoms with Crippen LogP contribution in [0.25, 0.3) is 0 Å². The van der Waals surface area contributed by atoms with Gasteiger partial charge in [0, 0.05) is 12.5 Å². The number of hydrogen-bond donors (Lipinski definition) is 2. The van der Waals surface area contributed by atoms with Gasteiger partial charge in [0.1, 0.15) is 5.75 Å². The third kappa shape index (κ3) is 3.88. The highest BCUT2D eigenvalue weighted by molar-refractivity contribution is 6.33. The second-order valence-electron chi connectivity index (χ2n) is 5.12. The van der Waals surface area contributed by atoms with E-state index in [1.807, 2.05) is 0 Å². The fourth-order valence-electron chi connectivity index (χ4n) is 1.86. The average Bonchev–Trinajstić information content (AvgIpc) is 2.42. The number of halogens is 1. The number of carbonyl (C=O) groups is 2. The number of hydrogen-bond acceptors (Lipinski definition) is 4. The molecule has 1 aromatic rings. The molecule has 0 amide bonds. The third-order valence-electron chi connectivity index (χ3n) is 3.55. The molecular weight excluding hydrogens is 294 g/mol. The fraction of sp³-hybridized carbons (Fsp3) is 0.467. The minimum atomic E-state index is -1.12. The minimum Gasteiger partial charge on any atom is -0.493 e. The summed E-state index contributed by atoms with van der Waals surface area (Å²) in [6.45, 7) is 5.44. The van der Waals surface area contributed by atoms with Crippen LogP contribution in [0.4, 0.5) is 5.69 Å². The van der Waals surface area contributed by atoms with Crippen molar-refractivity contribution in [3.05, 3.63) is 22.7 Å². The van der Waals surface area contributed by atoms with Crippen molar-refractivity contribution < 1.29 is 19.4 Å². The van der Waals surface area contributed by atoms with Crippen molar-refractivity contribution in [3.8, 4) is 5.75 Å². The molecule has 0 heterocycles. The van der Waals surface area contributed by atoms with Crippen LogP contribution < -0.4 is 10.5 Å². The van der Waals surface area contributed by atoms with E-state index in [0.29, 0.717) is 24.5 Å². The molecule has 5 nitrogen and oxygen atoms in total. The average molecular weight is 314 g/mol. The first-order valence-corrected chi connectivity index (χ1v) is 7.11. The molecule has 0 fully saturated rings. The van der Waals surface area contributed by atoms with Crippen LogP contribution in [-0.2, 0) is 4.79 Å². The Labute approximate surface area is 129 Å². The van der Waals surface area contributed by atoms with Crippen LogP contribution in [0, 0.1) is 5.41 Å². The number of nitrogens with two attached hydrogens (primary N) is 1. The van der Waals surface area contributed by atoms with E-state index in [9.17, 15) is 14.7 Å². The number of carboxylic acid groups (broad SMARTS) is 1. The maximum absolute atomic E-state index is 12.4. The Morgan fingerprint density at radius 3 is 2.48 bits per heavy atom. The van der Waals surface area contributed by atoms with Crippen molar-refractivity contribution in [1.29, 1.82) is 0 Å². The molecule has 0 unspecified atom stereocenters. The summed E-state index contributed by atoms with van der Waals surface area (Å²) in [4.78, 5) is 23.8. The molecule has 0 bridgehead atoms. The first-order chi connectivity index (χ1) is 9.75. The largest absolute Gasteiger partial charge is 0.493 e. The molecule has 0 aromatic heterocycles. The van der Waals surface area contributed by atoms with Gasteiger partial charge in [-0.15, -0.1) is 0 Å². The lowest BCUT2D eigenvalue weighted by atomic mass is 9.81. The number of nitrogen functional groups attached to an aromatic ring is 1. The highest BCUT2D eigenvalue weighted by atomic mass is 35.5. The number of rotatable bonds is 7. The summed E-state index contributed by atoms with van der Waals surface area (Å²) in [5.41, 5.74) is 5.16. The molecule has 0 aliphatic carbocycles. The van der Waals surface area contributed by atoms with Gasteiger partial charge in [-0.2, -0.15) is 0 Å². The minimum absolute atomic E-state index is 0.126. The van der Waals surface area contributed by atoms with Gasteiger partial charge in [0.2, 0.25) is 0 Å². The van der Waals surface area contributed by atoms with Crippen molar-refractivity contribution in [2.24, 2.45) is 5.41 Å². The molecular formula is C15H20ClNO4. The Hall–Kier alpha value is -1.75. The van der Waals surface area contributed by atoms with Gasteiger partial charge in [-0.3, -0.25) is 9.59 Å². The molecule has 1 atom stereocenters. The lowest BCUT2D eigenvalue weighted by Gasteiger charge is -2.22. The lowest BCUT2D eigenvalue weighted by molar-refractivity contribution is -0.148. The maximum atomic E-state index is 12.4. The number of Topliss-reactive ketones (excluding diaryl/α,β-unsaturated/α-hetero) is 1. The molecule has 1 aromatic carbocycles. The van der Waals surface area contributed by atoms with Crippen molar-refractivity contribution >= 4 is 29.0 Å². The van der Waals surface area contributed by atoms with Gasteiger partial charge in [-0.05, 0) is 26.3 Å². The van der Waals surface area contributed by atoms with E-state index in [-0.39, 0.29) is 22.8 Å². The Kier molecular flexibility index (Phi) is 5.61. The first-order valence-electron chi connectivity index (χ1n) is 6.73. The van der Waals surface area contributed by atoms with Gasteiger partial charge in [-0.1, -0.05) is 18.5 Å². The number of ether oxygens (including phenoxy) is 1. The summed E-state index contributed by atoms with van der Waals surface area (Å²) >= 11 is 5.95. The van der Waals surface area contributed by atoms with Crippen LogP contribution in [0.3, 0.4) is 0 Å². The van der Waals surface area contributed by atoms with Crippen LogP contribution in [0.1, 0.15) is 44.0 Å². The summed E-state index contributed by atoms with van der Waals surface area (Å²) in [5.74, 6) is -1.00. The molecule has 0 saturated heterocycles. The number of anilines is 1. The maximum Gasteiger partial charge on any atom is 0.309 e. The first kappa shape index (κ1) is 17.3. The molecule has 0 spiro atoms. The monoisotopic (exact) mass is 313 g/mol. The zero-order chi connectivity index (χ0) is 16.2. The van der Waals surface area contributed by atoms with Crippen molar-refractivity contribution in [2.75, 3.05) is 12.3 Å². The molecule has 0 saturated carbocycles. The number of carbonyl (C=O) groups excluding carboxylic acids is 1. The van der Waals surface area contributed by atoms with E-state index >= 15 is 0 Å². The molecule has 0 aliphatic rings. The SMILES string of the molecule is CCOc1cc(N)c(Cl)cc1C(=O)C[C@](C)(CC)C(=O)O. The van der Waals surface area contributed by atoms with Gasteiger partial charge in [0.25, 0.3) is 0 Å². The standard InChI is InChI=1S/C15H20ClNO4/c1-4-15(3,14(19)20)8-12(18)9-6-10(16)11(17)7-13(9)21-5-2/h6-7H,4-5,8,17H2,1-3H3,(H,19,20)/t15-/m0/s1. The second kappa shape index (κ2) is 6.80. The van der Waals surface area contributed by atoms with E-state index in [1.165, 1.54) is 12.1 Å². The lowest BCUT2D eigenvalue weighted by Crippen LogP contribution is -2.29. The van der Waals surface area contributed by atoms with Crippen molar-refractivity contribution in [2.45, 2.75) is 33.6 Å². The molecule has 0 radical (unpaired) electrons. The Morgan fingerprint density at radius 2 is 2.00 bits per heavy atom. The van der Waals surface area contributed by atoms with Crippen molar-refractivity contribution in [3.63, 3.8) is 0 Å². The van der Waals surface area contributed by atoms with E-state index in [4.69, 9.17) is 22.1 Å². The fourth-order valence-corrected chi connectivity index (χ4v) is 2.03.